The predicted molar refractivity (Wildman–Crippen MR) is 176 cm³/mol. The standard InChI is InChI=1S/C27H33N9O15P2/c1-10-3-12-13(4-11(10)2)35(24-18(32-12)25(42)34-27(43)33-24)5-14(37)19(39)15(38)6-48-52(44,45)51-53(46,47)49-7-16-20(40)21(41)26(50-16)36-9-31-17-22(28)29-8-30-23(17)36/h3-4,8-9,14-16,19-21,26,37-41H,5-7H2,1-2H3,(H5,28,29,30,34,42,43,44,45,46,47)/p+1/t14-,15+,16+,19-,20+,21+,26?/m0/s1. The van der Waals surface area contributed by atoms with Crippen LogP contribution in [0.15, 0.2) is 34.4 Å². The molecule has 1 saturated heterocycles. The van der Waals surface area contributed by atoms with Crippen LogP contribution in [-0.4, -0.2) is 120 Å². The number of fused-ring (bicyclic) bond motifs is 3. The first-order valence-corrected chi connectivity index (χ1v) is 18.5. The molecule has 26 heteroatoms. The zero-order chi connectivity index (χ0) is 38.6. The topological polar surface area (TPSA) is 365 Å². The Kier molecular flexibility index (Phi) is 10.6. The summed E-state index contributed by atoms with van der Waals surface area (Å²) in [5, 5.41) is 53.1. The molecule has 53 heavy (non-hydrogen) atoms. The van der Waals surface area contributed by atoms with Gasteiger partial charge in [-0.3, -0.25) is 23.4 Å². The Morgan fingerprint density at radius 2 is 1.68 bits per heavy atom. The van der Waals surface area contributed by atoms with E-state index in [1.165, 1.54) is 15.5 Å². The van der Waals surface area contributed by atoms with Crippen LogP contribution in [0.2, 0.25) is 0 Å². The van der Waals surface area contributed by atoms with Gasteiger partial charge in [-0.05, 0) is 37.1 Å². The van der Waals surface area contributed by atoms with Gasteiger partial charge in [0.15, 0.2) is 23.2 Å². The van der Waals surface area contributed by atoms with Gasteiger partial charge in [0.25, 0.3) is 5.56 Å². The minimum Gasteiger partial charge on any atom is -0.388 e. The molecular weight excluding hydrogens is 752 g/mol. The van der Waals surface area contributed by atoms with Crippen LogP contribution in [0.4, 0.5) is 5.82 Å². The second-order valence-corrected chi connectivity index (χ2v) is 15.2. The van der Waals surface area contributed by atoms with Gasteiger partial charge in [0.2, 0.25) is 5.52 Å². The number of hydrogen-bond acceptors (Lipinski definition) is 18. The summed E-state index contributed by atoms with van der Waals surface area (Å²) in [6.07, 6.45) is -9.88. The molecule has 9 atom stereocenters. The first-order chi connectivity index (χ1) is 24.9. The third-order valence-electron chi connectivity index (χ3n) is 8.46. The van der Waals surface area contributed by atoms with E-state index in [1.54, 1.807) is 26.0 Å². The monoisotopic (exact) mass is 786 g/mol. The summed E-state index contributed by atoms with van der Waals surface area (Å²) >= 11 is 0. The fourth-order valence-corrected chi connectivity index (χ4v) is 7.70. The summed E-state index contributed by atoms with van der Waals surface area (Å²) in [4.78, 5) is 65.4. The van der Waals surface area contributed by atoms with Crippen molar-refractivity contribution in [3.63, 3.8) is 0 Å². The van der Waals surface area contributed by atoms with Crippen molar-refractivity contribution in [3.05, 3.63) is 56.8 Å². The molecule has 1 fully saturated rings. The van der Waals surface area contributed by atoms with Crippen molar-refractivity contribution in [1.29, 1.82) is 0 Å². The van der Waals surface area contributed by atoms with Crippen LogP contribution in [0.3, 0.4) is 0 Å². The Morgan fingerprint density at radius 1 is 0.981 bits per heavy atom. The zero-order valence-electron chi connectivity index (χ0n) is 27.5. The molecule has 0 spiro atoms. The Bertz CT molecular complexity index is 2410. The van der Waals surface area contributed by atoms with E-state index < -0.39 is 89.5 Å². The Labute approximate surface area is 295 Å². The van der Waals surface area contributed by atoms with Crippen molar-refractivity contribution in [2.75, 3.05) is 18.9 Å². The minimum absolute atomic E-state index is 0.0305. The van der Waals surface area contributed by atoms with E-state index >= 15 is 0 Å². The van der Waals surface area contributed by atoms with Gasteiger partial charge < -0.3 is 45.8 Å². The lowest BCUT2D eigenvalue weighted by molar-refractivity contribution is -0.657. The lowest BCUT2D eigenvalue weighted by atomic mass is 10.1. The fraction of sp³-hybridized carbons (Fsp3) is 0.444. The van der Waals surface area contributed by atoms with E-state index in [-0.39, 0.29) is 28.1 Å². The molecule has 24 nitrogen and oxygen atoms in total. The van der Waals surface area contributed by atoms with E-state index in [1.807, 2.05) is 0 Å². The van der Waals surface area contributed by atoms with Crippen molar-refractivity contribution in [3.8, 4) is 0 Å². The number of aryl methyl sites for hydroxylation is 2. The molecule has 6 rings (SSSR count). The number of imidazole rings is 1. The molecule has 0 aliphatic carbocycles. The van der Waals surface area contributed by atoms with Gasteiger partial charge in [-0.1, -0.05) is 0 Å². The highest BCUT2D eigenvalue weighted by Gasteiger charge is 2.46. The van der Waals surface area contributed by atoms with E-state index in [2.05, 4.69) is 38.7 Å². The molecule has 11 N–H and O–H groups in total. The number of aliphatic hydroxyl groups is 5. The average Bonchev–Trinajstić information content (AvgIpc) is 3.63. The van der Waals surface area contributed by atoms with E-state index in [9.17, 15) is 54.0 Å². The van der Waals surface area contributed by atoms with Gasteiger partial charge in [-0.25, -0.2) is 38.4 Å². The Hall–Kier alpha value is -4.13. The lowest BCUT2D eigenvalue weighted by Crippen LogP contribution is -2.51. The fourth-order valence-electron chi connectivity index (χ4n) is 5.61. The normalized spacial score (nSPS) is 23.3. The van der Waals surface area contributed by atoms with Crippen LogP contribution in [0, 0.1) is 13.8 Å². The minimum atomic E-state index is -5.54. The van der Waals surface area contributed by atoms with Crippen LogP contribution in [0.5, 0.6) is 0 Å². The van der Waals surface area contributed by atoms with E-state index in [0.717, 1.165) is 17.5 Å². The molecule has 286 valence electrons. The van der Waals surface area contributed by atoms with Crippen LogP contribution >= 0.6 is 15.6 Å². The largest absolute Gasteiger partial charge is 0.481 e. The average molecular weight is 787 g/mol. The summed E-state index contributed by atoms with van der Waals surface area (Å²) in [7, 11) is -11.0. The molecule has 0 amide bonds. The second kappa shape index (κ2) is 14.6. The number of aromatic nitrogens is 8. The maximum absolute atomic E-state index is 12.5. The summed E-state index contributed by atoms with van der Waals surface area (Å²) in [5.74, 6) is 0.0305. The van der Waals surface area contributed by atoms with Crippen LogP contribution < -0.4 is 21.5 Å². The molecule has 0 bridgehead atoms. The van der Waals surface area contributed by atoms with Crippen LogP contribution in [0.1, 0.15) is 17.4 Å². The van der Waals surface area contributed by atoms with Gasteiger partial charge in [0.1, 0.15) is 60.5 Å². The first kappa shape index (κ1) is 38.6. The van der Waals surface area contributed by atoms with Crippen molar-refractivity contribution in [1.82, 2.24) is 34.5 Å². The number of nitrogen functional groups attached to an aromatic ring is 1. The van der Waals surface area contributed by atoms with Gasteiger partial charge in [-0.2, -0.15) is 9.29 Å². The molecule has 4 aromatic heterocycles. The molecule has 1 aliphatic heterocycles. The molecule has 3 unspecified atom stereocenters. The van der Waals surface area contributed by atoms with Crippen LogP contribution in [0.25, 0.3) is 33.4 Å². The molecule has 1 aliphatic rings. The zero-order valence-corrected chi connectivity index (χ0v) is 29.3. The summed E-state index contributed by atoms with van der Waals surface area (Å²) in [6.45, 7) is 0.855. The van der Waals surface area contributed by atoms with Gasteiger partial charge in [0.05, 0.1) is 19.5 Å². The third-order valence-corrected chi connectivity index (χ3v) is 11.1. The molecule has 1 aromatic carbocycles. The molecule has 0 radical (unpaired) electrons. The highest BCUT2D eigenvalue weighted by atomic mass is 31.3. The first-order valence-electron chi connectivity index (χ1n) is 15.5. The number of nitrogens with two attached hydrogens (primary N) is 1. The SMILES string of the molecule is Cc1cc2nc3c(=O)[nH]c(=O)[nH]c3[n+](C[C@H](O)[C@H](O)[C@H](O)COP(=O)(O)OP(=O)(O)OC[C@H]3OC(n4cnc5c(N)ncnc54)[C@H](O)[C@@H]3O)c2cc1C. The summed E-state index contributed by atoms with van der Waals surface area (Å²) in [5.41, 5.74) is 6.28. The summed E-state index contributed by atoms with van der Waals surface area (Å²) in [6, 6.07) is 3.33. The van der Waals surface area contributed by atoms with Gasteiger partial charge >= 0.3 is 27.0 Å². The van der Waals surface area contributed by atoms with Crippen molar-refractivity contribution in [2.45, 2.75) is 63.2 Å². The number of phosphoric acid groups is 2. The van der Waals surface area contributed by atoms with E-state index in [4.69, 9.17) is 15.0 Å². The highest BCUT2D eigenvalue weighted by molar-refractivity contribution is 7.61. The maximum Gasteiger partial charge on any atom is 0.481 e. The molecule has 5 heterocycles. The number of hydrogen-bond donors (Lipinski definition) is 10. The highest BCUT2D eigenvalue weighted by Crippen LogP contribution is 2.60. The Morgan fingerprint density at radius 3 is 2.42 bits per heavy atom. The Balaban J connectivity index is 1.07. The maximum atomic E-state index is 12.5. The summed E-state index contributed by atoms with van der Waals surface area (Å²) < 4.78 is 46.7. The number of aliphatic hydroxyl groups excluding tert-OH is 5. The van der Waals surface area contributed by atoms with E-state index in [0.29, 0.717) is 11.0 Å². The van der Waals surface area contributed by atoms with Crippen LogP contribution in [-0.2, 0) is 33.8 Å². The van der Waals surface area contributed by atoms with Crippen molar-refractivity contribution >= 4 is 54.8 Å². The van der Waals surface area contributed by atoms with Gasteiger partial charge in [0, 0.05) is 0 Å². The molecular formula is C27H34N9O15P2+. The number of nitrogens with one attached hydrogen (secondary N) is 2. The molecule has 5 aromatic rings. The third kappa shape index (κ3) is 7.91. The lowest BCUT2D eigenvalue weighted by Gasteiger charge is -2.24. The number of phosphoric ester groups is 2. The number of H-pyrrole nitrogens is 2. The second-order valence-electron chi connectivity index (χ2n) is 12.1. The number of benzene rings is 1. The predicted octanol–water partition coefficient (Wildman–Crippen LogP) is -2.96. The quantitative estimate of drug-likeness (QED) is 0.0324. The number of nitrogens with zero attached hydrogens (tertiary/aromatic N) is 6. The number of anilines is 1. The molecule has 0 saturated carbocycles. The number of ether oxygens (including phenoxy) is 1. The number of aromatic amines is 2. The van der Waals surface area contributed by atoms with Crippen molar-refractivity contribution in [2.24, 2.45) is 0 Å². The van der Waals surface area contributed by atoms with Gasteiger partial charge in [-0.15, -0.1) is 0 Å². The smallest absolute Gasteiger partial charge is 0.388 e. The number of rotatable bonds is 13. The van der Waals surface area contributed by atoms with Crippen molar-refractivity contribution < 1.29 is 67.1 Å².